The molecule has 4 heterocycles. The molecule has 9 heteroatoms. The van der Waals surface area contributed by atoms with Crippen molar-refractivity contribution in [3.05, 3.63) is 123 Å². The number of pyridine rings is 1. The largest absolute Gasteiger partial charge is 0.344 e. The fourth-order valence-corrected chi connectivity index (χ4v) is 5.32. The topological polar surface area (TPSA) is 94.2 Å². The van der Waals surface area contributed by atoms with Gasteiger partial charge in [-0.2, -0.15) is 5.10 Å². The number of benzene rings is 2. The van der Waals surface area contributed by atoms with E-state index in [2.05, 4.69) is 20.4 Å². The molecule has 0 fully saturated rings. The second-order valence-electron chi connectivity index (χ2n) is 9.10. The van der Waals surface area contributed by atoms with Gasteiger partial charge in [0.25, 0.3) is 11.5 Å². The van der Waals surface area contributed by atoms with Gasteiger partial charge in [-0.15, -0.1) is 11.3 Å². The van der Waals surface area contributed by atoms with E-state index in [1.165, 1.54) is 11.3 Å². The Morgan fingerprint density at radius 3 is 2.67 bits per heavy atom. The molecular formula is C30H24N6O2S. The van der Waals surface area contributed by atoms with E-state index >= 15 is 0 Å². The highest BCUT2D eigenvalue weighted by molar-refractivity contribution is 7.10. The maximum atomic E-state index is 14.2. The number of hydrogen-bond acceptors (Lipinski definition) is 6. The number of carbonyl (C=O) groups excluding carboxylic acids is 1. The summed E-state index contributed by atoms with van der Waals surface area (Å²) in [6.45, 7) is 3.66. The molecule has 39 heavy (non-hydrogen) atoms. The zero-order valence-electron chi connectivity index (χ0n) is 21.3. The first-order chi connectivity index (χ1) is 19.0. The first kappa shape index (κ1) is 24.4. The van der Waals surface area contributed by atoms with E-state index in [-0.39, 0.29) is 11.5 Å². The van der Waals surface area contributed by atoms with Crippen molar-refractivity contribution < 1.29 is 4.79 Å². The zero-order valence-corrected chi connectivity index (χ0v) is 22.1. The lowest BCUT2D eigenvalue weighted by Gasteiger charge is -2.21. The van der Waals surface area contributed by atoms with Crippen LogP contribution in [0.1, 0.15) is 45.3 Å². The lowest BCUT2D eigenvalue weighted by molar-refractivity contribution is 0.0939. The molecule has 1 N–H and O–H groups in total. The van der Waals surface area contributed by atoms with Crippen LogP contribution >= 0.6 is 11.3 Å². The first-order valence-corrected chi connectivity index (χ1v) is 13.3. The molecule has 192 valence electrons. The summed E-state index contributed by atoms with van der Waals surface area (Å²) in [5.74, 6) is -0.305. The van der Waals surface area contributed by atoms with Gasteiger partial charge in [0.15, 0.2) is 5.65 Å². The number of nitrogens with one attached hydrogen (secondary N) is 1. The average molecular weight is 533 g/mol. The van der Waals surface area contributed by atoms with Gasteiger partial charge in [-0.05, 0) is 55.1 Å². The van der Waals surface area contributed by atoms with Gasteiger partial charge in [-0.3, -0.25) is 14.2 Å². The Kier molecular flexibility index (Phi) is 6.34. The first-order valence-electron chi connectivity index (χ1n) is 12.4. The minimum atomic E-state index is -0.498. The molecule has 1 atom stereocenters. The monoisotopic (exact) mass is 532 g/mol. The van der Waals surface area contributed by atoms with Crippen LogP contribution in [0.15, 0.2) is 89.4 Å². The van der Waals surface area contributed by atoms with Crippen LogP contribution in [0.5, 0.6) is 0 Å². The molecule has 0 aliphatic heterocycles. The van der Waals surface area contributed by atoms with Crippen molar-refractivity contribution in [2.45, 2.75) is 19.9 Å². The molecule has 0 saturated heterocycles. The van der Waals surface area contributed by atoms with Gasteiger partial charge in [0, 0.05) is 35.4 Å². The van der Waals surface area contributed by atoms with Crippen LogP contribution in [-0.2, 0) is 0 Å². The molecule has 1 amide bonds. The van der Waals surface area contributed by atoms with E-state index in [0.29, 0.717) is 33.7 Å². The SMILES string of the molecule is Cc1nn2cccnc2c1C(=O)N[C@@H](C)c1cc2cccc(/C=C/c3nccs3)c2c(=O)n1-c1ccccc1. The molecule has 2 aromatic carbocycles. The Morgan fingerprint density at radius 1 is 1.03 bits per heavy atom. The van der Waals surface area contributed by atoms with Crippen LogP contribution in [-0.4, -0.2) is 30.1 Å². The van der Waals surface area contributed by atoms with E-state index in [1.807, 2.05) is 79.1 Å². The van der Waals surface area contributed by atoms with Crippen molar-refractivity contribution in [2.75, 3.05) is 0 Å². The minimum absolute atomic E-state index is 0.164. The van der Waals surface area contributed by atoms with Gasteiger partial charge in [0.2, 0.25) is 0 Å². The fraction of sp³-hybridized carbons (Fsp3) is 0.100. The number of fused-ring (bicyclic) bond motifs is 2. The number of hydrogen-bond donors (Lipinski definition) is 1. The van der Waals surface area contributed by atoms with Gasteiger partial charge in [0.05, 0.1) is 17.1 Å². The molecule has 0 aliphatic carbocycles. The number of nitrogens with zero attached hydrogens (tertiary/aromatic N) is 5. The lowest BCUT2D eigenvalue weighted by atomic mass is 10.0. The average Bonchev–Trinajstić information content (AvgIpc) is 3.59. The highest BCUT2D eigenvalue weighted by Gasteiger charge is 2.23. The van der Waals surface area contributed by atoms with Gasteiger partial charge in [-0.1, -0.05) is 42.5 Å². The van der Waals surface area contributed by atoms with E-state index in [4.69, 9.17) is 0 Å². The van der Waals surface area contributed by atoms with Crippen LogP contribution in [0.3, 0.4) is 0 Å². The molecule has 0 aliphatic rings. The quantitative estimate of drug-likeness (QED) is 0.307. The van der Waals surface area contributed by atoms with Gasteiger partial charge in [0.1, 0.15) is 10.6 Å². The molecule has 6 rings (SSSR count). The number of rotatable bonds is 6. The van der Waals surface area contributed by atoms with Crippen molar-refractivity contribution in [3.63, 3.8) is 0 Å². The summed E-state index contributed by atoms with van der Waals surface area (Å²) in [5.41, 5.74) is 3.48. The third-order valence-corrected chi connectivity index (χ3v) is 7.31. The Morgan fingerprint density at radius 2 is 1.87 bits per heavy atom. The zero-order chi connectivity index (χ0) is 26.9. The Bertz CT molecular complexity index is 1910. The van der Waals surface area contributed by atoms with E-state index in [9.17, 15) is 9.59 Å². The van der Waals surface area contributed by atoms with E-state index < -0.39 is 6.04 Å². The van der Waals surface area contributed by atoms with Crippen LogP contribution in [0.4, 0.5) is 0 Å². The van der Waals surface area contributed by atoms with Gasteiger partial charge < -0.3 is 5.32 Å². The van der Waals surface area contributed by atoms with E-state index in [1.54, 1.807) is 40.7 Å². The Labute approximate surface area is 227 Å². The summed E-state index contributed by atoms with van der Waals surface area (Å²) < 4.78 is 3.26. The summed E-state index contributed by atoms with van der Waals surface area (Å²) in [4.78, 5) is 36.3. The molecule has 0 saturated carbocycles. The summed E-state index contributed by atoms with van der Waals surface area (Å²) in [6, 6.07) is 18.5. The molecule has 4 aromatic heterocycles. The Hall–Kier alpha value is -4.89. The smallest absolute Gasteiger partial charge is 0.263 e. The molecular weight excluding hydrogens is 508 g/mol. The standard InChI is InChI=1S/C30H24N6O2S/c1-19(33-29(37)26-20(2)34-35-16-7-14-32-28(26)35)24-18-22-9-6-8-21(12-13-25-31-15-17-39-25)27(22)30(38)36(24)23-10-4-3-5-11-23/h3-19H,1-2H3,(H,33,37)/b13-12+/t19-/m0/s1. The predicted octanol–water partition coefficient (Wildman–Crippen LogP) is 5.46. The van der Waals surface area contributed by atoms with Crippen LogP contribution in [0.25, 0.3) is 34.3 Å². The normalized spacial score (nSPS) is 12.4. The van der Waals surface area contributed by atoms with Gasteiger partial charge >= 0.3 is 0 Å². The number of para-hydroxylation sites is 1. The predicted molar refractivity (Wildman–Crippen MR) is 154 cm³/mol. The van der Waals surface area contributed by atoms with Crippen molar-refractivity contribution in [1.29, 1.82) is 0 Å². The summed E-state index contributed by atoms with van der Waals surface area (Å²) in [7, 11) is 0. The summed E-state index contributed by atoms with van der Waals surface area (Å²) in [5, 5.41) is 11.6. The number of amides is 1. The second-order valence-corrected chi connectivity index (χ2v) is 10.0. The molecule has 0 radical (unpaired) electrons. The second kappa shape index (κ2) is 10.1. The number of carbonyl (C=O) groups is 1. The third kappa shape index (κ3) is 4.53. The fourth-order valence-electron chi connectivity index (χ4n) is 4.79. The van der Waals surface area contributed by atoms with Crippen LogP contribution in [0.2, 0.25) is 0 Å². The van der Waals surface area contributed by atoms with Gasteiger partial charge in [-0.25, -0.2) is 14.5 Å². The summed E-state index contributed by atoms with van der Waals surface area (Å²) >= 11 is 1.53. The number of aromatic nitrogens is 5. The maximum Gasteiger partial charge on any atom is 0.263 e. The van der Waals surface area contributed by atoms with Crippen molar-refractivity contribution in [2.24, 2.45) is 0 Å². The molecule has 0 bridgehead atoms. The highest BCUT2D eigenvalue weighted by Crippen LogP contribution is 2.25. The Balaban J connectivity index is 1.47. The molecule has 0 spiro atoms. The van der Waals surface area contributed by atoms with Crippen LogP contribution in [0, 0.1) is 6.92 Å². The third-order valence-electron chi connectivity index (χ3n) is 6.57. The summed E-state index contributed by atoms with van der Waals surface area (Å²) in [6.07, 6.45) is 8.97. The molecule has 6 aromatic rings. The maximum absolute atomic E-state index is 14.2. The van der Waals surface area contributed by atoms with E-state index in [0.717, 1.165) is 16.0 Å². The van der Waals surface area contributed by atoms with Crippen molar-refractivity contribution in [1.82, 2.24) is 29.5 Å². The molecule has 0 unspecified atom stereocenters. The minimum Gasteiger partial charge on any atom is -0.344 e. The van der Waals surface area contributed by atoms with Crippen molar-refractivity contribution in [3.8, 4) is 5.69 Å². The van der Waals surface area contributed by atoms with Crippen molar-refractivity contribution >= 4 is 45.8 Å². The highest BCUT2D eigenvalue weighted by atomic mass is 32.1. The lowest BCUT2D eigenvalue weighted by Crippen LogP contribution is -2.32. The van der Waals surface area contributed by atoms with Crippen LogP contribution < -0.4 is 10.9 Å². The number of thiazole rings is 1. The number of aryl methyl sites for hydroxylation is 1. The molecule has 8 nitrogen and oxygen atoms in total.